The highest BCUT2D eigenvalue weighted by molar-refractivity contribution is 7.17. The number of hydrogen-bond acceptors (Lipinski definition) is 4. The van der Waals surface area contributed by atoms with Crippen molar-refractivity contribution in [1.82, 2.24) is 4.98 Å². The summed E-state index contributed by atoms with van der Waals surface area (Å²) < 4.78 is 1.22. The van der Waals surface area contributed by atoms with E-state index in [2.05, 4.69) is 33.9 Å². The van der Waals surface area contributed by atoms with Crippen molar-refractivity contribution >= 4 is 32.9 Å². The zero-order valence-corrected chi connectivity index (χ0v) is 11.5. The zero-order chi connectivity index (χ0) is 12.4. The van der Waals surface area contributed by atoms with Gasteiger partial charge in [-0.25, -0.2) is 0 Å². The fourth-order valence-electron chi connectivity index (χ4n) is 1.98. The molecule has 0 aromatic carbocycles. The maximum atomic E-state index is 6.24. The number of rotatable bonds is 4. The molecule has 0 aliphatic heterocycles. The van der Waals surface area contributed by atoms with E-state index in [0.29, 0.717) is 0 Å². The van der Waals surface area contributed by atoms with Gasteiger partial charge in [0, 0.05) is 17.1 Å². The Hall–Kier alpha value is -1.23. The molecule has 0 saturated carbocycles. The molecule has 0 radical (unpaired) electrons. The van der Waals surface area contributed by atoms with Gasteiger partial charge in [0.2, 0.25) is 0 Å². The van der Waals surface area contributed by atoms with E-state index in [0.717, 1.165) is 23.9 Å². The lowest BCUT2D eigenvalue weighted by Gasteiger charge is -2.10. The van der Waals surface area contributed by atoms with Crippen molar-refractivity contribution in [2.45, 2.75) is 18.9 Å². The Labute approximate surface area is 114 Å². The number of thiophene rings is 2. The molecule has 92 valence electrons. The SMILES string of the molecule is NC(CCc1cccs1)c1cnc2ccsc2c1. The van der Waals surface area contributed by atoms with Crippen molar-refractivity contribution in [3.8, 4) is 0 Å². The van der Waals surface area contributed by atoms with Gasteiger partial charge in [-0.3, -0.25) is 4.98 Å². The maximum absolute atomic E-state index is 6.24. The van der Waals surface area contributed by atoms with Crippen LogP contribution in [0.1, 0.15) is 22.9 Å². The number of pyridine rings is 1. The van der Waals surface area contributed by atoms with Crippen molar-refractivity contribution in [3.63, 3.8) is 0 Å². The summed E-state index contributed by atoms with van der Waals surface area (Å²) in [5.41, 5.74) is 8.44. The van der Waals surface area contributed by atoms with Crippen LogP contribution in [-0.4, -0.2) is 4.98 Å². The summed E-state index contributed by atoms with van der Waals surface area (Å²) in [6.45, 7) is 0. The molecule has 3 aromatic heterocycles. The van der Waals surface area contributed by atoms with Crippen LogP contribution in [-0.2, 0) is 6.42 Å². The van der Waals surface area contributed by atoms with Crippen LogP contribution in [0.25, 0.3) is 10.2 Å². The third-order valence-electron chi connectivity index (χ3n) is 3.03. The van der Waals surface area contributed by atoms with Gasteiger partial charge in [0.05, 0.1) is 10.2 Å². The summed E-state index contributed by atoms with van der Waals surface area (Å²) in [6.07, 6.45) is 3.93. The second kappa shape index (κ2) is 5.18. The number of hydrogen-bond donors (Lipinski definition) is 1. The molecule has 0 spiro atoms. The summed E-state index contributed by atoms with van der Waals surface area (Å²) in [5, 5.41) is 4.18. The molecule has 2 nitrogen and oxygen atoms in total. The fraction of sp³-hybridized carbons (Fsp3) is 0.214. The molecule has 0 amide bonds. The highest BCUT2D eigenvalue weighted by atomic mass is 32.1. The van der Waals surface area contributed by atoms with Crippen LogP contribution < -0.4 is 5.73 Å². The van der Waals surface area contributed by atoms with Crippen LogP contribution in [0.2, 0.25) is 0 Å². The van der Waals surface area contributed by atoms with Crippen LogP contribution in [0.3, 0.4) is 0 Å². The Balaban J connectivity index is 1.72. The van der Waals surface area contributed by atoms with Gasteiger partial charge in [0.25, 0.3) is 0 Å². The van der Waals surface area contributed by atoms with Gasteiger partial charge >= 0.3 is 0 Å². The minimum absolute atomic E-state index is 0.0751. The Bertz CT molecular complexity index is 628. The third-order valence-corrected chi connectivity index (χ3v) is 4.82. The molecular formula is C14H14N2S2. The topological polar surface area (TPSA) is 38.9 Å². The van der Waals surface area contributed by atoms with Crippen molar-refractivity contribution in [3.05, 3.63) is 51.7 Å². The molecule has 1 atom stereocenters. The largest absolute Gasteiger partial charge is 0.324 e. The summed E-state index contributed by atoms with van der Waals surface area (Å²) in [5.74, 6) is 0. The first-order valence-electron chi connectivity index (χ1n) is 5.94. The molecule has 0 aliphatic rings. The van der Waals surface area contributed by atoms with Crippen LogP contribution in [0.15, 0.2) is 41.2 Å². The number of aromatic nitrogens is 1. The Morgan fingerprint density at radius 1 is 1.22 bits per heavy atom. The molecule has 3 rings (SSSR count). The average molecular weight is 274 g/mol. The van der Waals surface area contributed by atoms with Crippen LogP contribution in [0.4, 0.5) is 0 Å². The standard InChI is InChI=1S/C14H14N2S2/c15-12(4-3-11-2-1-6-17-11)10-8-14-13(16-9-10)5-7-18-14/h1-2,5-9,12H,3-4,15H2. The molecular weight excluding hydrogens is 260 g/mol. The molecule has 3 aromatic rings. The van der Waals surface area contributed by atoms with E-state index in [1.165, 1.54) is 9.58 Å². The predicted molar refractivity (Wildman–Crippen MR) is 79.2 cm³/mol. The monoisotopic (exact) mass is 274 g/mol. The molecule has 2 N–H and O–H groups in total. The van der Waals surface area contributed by atoms with E-state index >= 15 is 0 Å². The quantitative estimate of drug-likeness (QED) is 0.781. The van der Waals surface area contributed by atoms with Gasteiger partial charge in [-0.15, -0.1) is 22.7 Å². The van der Waals surface area contributed by atoms with Crippen molar-refractivity contribution in [1.29, 1.82) is 0 Å². The lowest BCUT2D eigenvalue weighted by Crippen LogP contribution is -2.11. The minimum Gasteiger partial charge on any atom is -0.324 e. The number of nitrogens with zero attached hydrogens (tertiary/aromatic N) is 1. The molecule has 3 heterocycles. The molecule has 18 heavy (non-hydrogen) atoms. The first-order valence-corrected chi connectivity index (χ1v) is 7.70. The lowest BCUT2D eigenvalue weighted by molar-refractivity contribution is 0.654. The summed E-state index contributed by atoms with van der Waals surface area (Å²) in [7, 11) is 0. The van der Waals surface area contributed by atoms with Gasteiger partial charge in [-0.2, -0.15) is 0 Å². The van der Waals surface area contributed by atoms with Crippen molar-refractivity contribution in [2.75, 3.05) is 0 Å². The first kappa shape index (κ1) is 11.8. The second-order valence-corrected chi connectivity index (χ2v) is 6.28. The second-order valence-electron chi connectivity index (χ2n) is 4.30. The Kier molecular flexibility index (Phi) is 3.41. The van der Waals surface area contributed by atoms with E-state index in [1.807, 2.05) is 12.3 Å². The predicted octanol–water partition coefficient (Wildman–Crippen LogP) is 3.99. The molecule has 0 saturated heterocycles. The smallest absolute Gasteiger partial charge is 0.0809 e. The fourth-order valence-corrected chi connectivity index (χ4v) is 3.50. The van der Waals surface area contributed by atoms with Gasteiger partial charge in [-0.05, 0) is 47.4 Å². The van der Waals surface area contributed by atoms with E-state index in [1.54, 1.807) is 22.7 Å². The number of nitrogens with two attached hydrogens (primary N) is 1. The number of fused-ring (bicyclic) bond motifs is 1. The van der Waals surface area contributed by atoms with Crippen LogP contribution in [0.5, 0.6) is 0 Å². The molecule has 0 bridgehead atoms. The Morgan fingerprint density at radius 2 is 2.17 bits per heavy atom. The zero-order valence-electron chi connectivity index (χ0n) is 9.87. The lowest BCUT2D eigenvalue weighted by atomic mass is 10.0. The first-order chi connectivity index (χ1) is 8.83. The van der Waals surface area contributed by atoms with E-state index in [-0.39, 0.29) is 6.04 Å². The number of aryl methyl sites for hydroxylation is 1. The maximum Gasteiger partial charge on any atom is 0.0809 e. The van der Waals surface area contributed by atoms with Crippen molar-refractivity contribution < 1.29 is 0 Å². The normalized spacial score (nSPS) is 12.9. The van der Waals surface area contributed by atoms with E-state index in [4.69, 9.17) is 5.73 Å². The van der Waals surface area contributed by atoms with Crippen LogP contribution >= 0.6 is 22.7 Å². The molecule has 0 fully saturated rings. The van der Waals surface area contributed by atoms with Gasteiger partial charge < -0.3 is 5.73 Å². The summed E-state index contributed by atoms with van der Waals surface area (Å²) in [6, 6.07) is 8.54. The molecule has 1 unspecified atom stereocenters. The Morgan fingerprint density at radius 3 is 3.00 bits per heavy atom. The minimum atomic E-state index is 0.0751. The summed E-state index contributed by atoms with van der Waals surface area (Å²) >= 11 is 3.51. The molecule has 4 heteroatoms. The van der Waals surface area contributed by atoms with Gasteiger partial charge in [-0.1, -0.05) is 6.07 Å². The third kappa shape index (κ3) is 2.46. The van der Waals surface area contributed by atoms with Gasteiger partial charge in [0.15, 0.2) is 0 Å². The highest BCUT2D eigenvalue weighted by Gasteiger charge is 2.08. The molecule has 0 aliphatic carbocycles. The van der Waals surface area contributed by atoms with Crippen molar-refractivity contribution in [2.24, 2.45) is 5.73 Å². The van der Waals surface area contributed by atoms with E-state index < -0.39 is 0 Å². The van der Waals surface area contributed by atoms with Crippen LogP contribution in [0, 0.1) is 0 Å². The highest BCUT2D eigenvalue weighted by Crippen LogP contribution is 2.24. The van der Waals surface area contributed by atoms with E-state index in [9.17, 15) is 0 Å². The summed E-state index contributed by atoms with van der Waals surface area (Å²) in [4.78, 5) is 5.84. The van der Waals surface area contributed by atoms with Gasteiger partial charge in [0.1, 0.15) is 0 Å². The average Bonchev–Trinajstić information content (AvgIpc) is 3.05.